The van der Waals surface area contributed by atoms with Crippen molar-refractivity contribution in [3.63, 3.8) is 0 Å². The molecule has 0 radical (unpaired) electrons. The number of rotatable bonds is 10. The third-order valence-electron chi connectivity index (χ3n) is 3.28. The molecule has 1 rings (SSSR count). The summed E-state index contributed by atoms with van der Waals surface area (Å²) in [6.07, 6.45) is 6.91. The third kappa shape index (κ3) is 6.06. The first-order valence-electron chi connectivity index (χ1n) is 7.58. The van der Waals surface area contributed by atoms with E-state index in [0.717, 1.165) is 32.1 Å². The Labute approximate surface area is 123 Å². The van der Waals surface area contributed by atoms with Crippen molar-refractivity contribution in [1.82, 2.24) is 0 Å². The summed E-state index contributed by atoms with van der Waals surface area (Å²) in [7, 11) is -3.62. The van der Waals surface area contributed by atoms with Crippen LogP contribution in [0.3, 0.4) is 0 Å². The van der Waals surface area contributed by atoms with E-state index in [1.54, 1.807) is 30.3 Å². The maximum absolute atomic E-state index is 12.2. The van der Waals surface area contributed by atoms with Crippen LogP contribution in [0, 0.1) is 0 Å². The number of unbranched alkanes of at least 4 members (excludes halogenated alkanes) is 3. The van der Waals surface area contributed by atoms with E-state index in [0.29, 0.717) is 0 Å². The van der Waals surface area contributed by atoms with Crippen molar-refractivity contribution in [2.45, 2.75) is 69.8 Å². The van der Waals surface area contributed by atoms with Gasteiger partial charge in [-0.25, -0.2) is 0 Å². The van der Waals surface area contributed by atoms with Crippen molar-refractivity contribution >= 4 is 10.1 Å². The van der Waals surface area contributed by atoms with Gasteiger partial charge in [-0.1, -0.05) is 64.2 Å². The first-order chi connectivity index (χ1) is 9.60. The van der Waals surface area contributed by atoms with Crippen molar-refractivity contribution in [2.75, 3.05) is 0 Å². The van der Waals surface area contributed by atoms with Gasteiger partial charge in [0.15, 0.2) is 0 Å². The van der Waals surface area contributed by atoms with Gasteiger partial charge < -0.3 is 0 Å². The van der Waals surface area contributed by atoms with Gasteiger partial charge in [-0.15, -0.1) is 0 Å². The van der Waals surface area contributed by atoms with Gasteiger partial charge in [0.05, 0.1) is 11.0 Å². The SMILES string of the molecule is CCCCCCC(CCC)OS(=O)(=O)c1ccccc1. The fourth-order valence-electron chi connectivity index (χ4n) is 2.18. The monoisotopic (exact) mass is 298 g/mol. The van der Waals surface area contributed by atoms with Gasteiger partial charge in [0, 0.05) is 0 Å². The quantitative estimate of drug-likeness (QED) is 0.471. The van der Waals surface area contributed by atoms with Crippen LogP contribution < -0.4 is 0 Å². The Morgan fingerprint density at radius 2 is 1.65 bits per heavy atom. The maximum Gasteiger partial charge on any atom is 0.297 e. The van der Waals surface area contributed by atoms with E-state index in [-0.39, 0.29) is 11.0 Å². The van der Waals surface area contributed by atoms with Gasteiger partial charge in [0.25, 0.3) is 10.1 Å². The van der Waals surface area contributed by atoms with Gasteiger partial charge in [-0.05, 0) is 25.0 Å². The molecule has 0 fully saturated rings. The molecule has 0 aliphatic carbocycles. The fourth-order valence-corrected chi connectivity index (χ4v) is 3.34. The molecular weight excluding hydrogens is 272 g/mol. The highest BCUT2D eigenvalue weighted by atomic mass is 32.2. The zero-order chi connectivity index (χ0) is 14.8. The molecule has 0 heterocycles. The maximum atomic E-state index is 12.2. The van der Waals surface area contributed by atoms with Crippen molar-refractivity contribution < 1.29 is 12.6 Å². The third-order valence-corrected chi connectivity index (χ3v) is 4.66. The van der Waals surface area contributed by atoms with Gasteiger partial charge in [-0.3, -0.25) is 4.18 Å². The summed E-state index contributed by atoms with van der Waals surface area (Å²) in [5, 5.41) is 0. The van der Waals surface area contributed by atoms with Crippen LogP contribution in [0.15, 0.2) is 35.2 Å². The molecule has 0 N–H and O–H groups in total. The predicted molar refractivity (Wildman–Crippen MR) is 82.2 cm³/mol. The molecule has 0 aliphatic rings. The molecular formula is C16H26O3S. The number of benzene rings is 1. The van der Waals surface area contributed by atoms with E-state index in [2.05, 4.69) is 13.8 Å². The molecule has 0 aliphatic heterocycles. The Morgan fingerprint density at radius 3 is 2.25 bits per heavy atom. The molecule has 0 aromatic heterocycles. The molecule has 1 aromatic rings. The molecule has 0 spiro atoms. The second-order valence-electron chi connectivity index (χ2n) is 5.12. The van der Waals surface area contributed by atoms with Crippen molar-refractivity contribution in [1.29, 1.82) is 0 Å². The lowest BCUT2D eigenvalue weighted by Crippen LogP contribution is -2.18. The molecule has 1 unspecified atom stereocenters. The van der Waals surface area contributed by atoms with E-state index in [1.165, 1.54) is 12.8 Å². The highest BCUT2D eigenvalue weighted by molar-refractivity contribution is 7.86. The van der Waals surface area contributed by atoms with Gasteiger partial charge in [0.1, 0.15) is 0 Å². The van der Waals surface area contributed by atoms with Crippen LogP contribution in [0.4, 0.5) is 0 Å². The van der Waals surface area contributed by atoms with Crippen molar-refractivity contribution in [2.24, 2.45) is 0 Å². The average Bonchev–Trinajstić information content (AvgIpc) is 2.44. The van der Waals surface area contributed by atoms with E-state index in [4.69, 9.17) is 4.18 Å². The van der Waals surface area contributed by atoms with E-state index >= 15 is 0 Å². The first kappa shape index (κ1) is 17.2. The lowest BCUT2D eigenvalue weighted by atomic mass is 10.1. The molecule has 0 saturated carbocycles. The Kier molecular flexibility index (Phi) is 7.85. The molecule has 1 aromatic carbocycles. The minimum absolute atomic E-state index is 0.193. The van der Waals surface area contributed by atoms with Crippen LogP contribution in [0.1, 0.15) is 58.8 Å². The van der Waals surface area contributed by atoms with E-state index in [1.807, 2.05) is 0 Å². The standard InChI is InChI=1S/C16H26O3S/c1-3-5-6-8-12-15(11-4-2)19-20(17,18)16-13-9-7-10-14-16/h7,9-10,13-15H,3-6,8,11-12H2,1-2H3. The summed E-state index contributed by atoms with van der Waals surface area (Å²) >= 11 is 0. The lowest BCUT2D eigenvalue weighted by molar-refractivity contribution is 0.183. The van der Waals surface area contributed by atoms with Crippen LogP contribution in [0.5, 0.6) is 0 Å². The lowest BCUT2D eigenvalue weighted by Gasteiger charge is -2.16. The largest absolute Gasteiger partial charge is 0.297 e. The second-order valence-corrected chi connectivity index (χ2v) is 6.70. The second kappa shape index (κ2) is 9.14. The summed E-state index contributed by atoms with van der Waals surface area (Å²) in [6.45, 7) is 4.22. The summed E-state index contributed by atoms with van der Waals surface area (Å²) in [4.78, 5) is 0.245. The Bertz CT molecular complexity index is 454. The topological polar surface area (TPSA) is 43.4 Å². The molecule has 3 nitrogen and oxygen atoms in total. The first-order valence-corrected chi connectivity index (χ1v) is 8.99. The molecule has 0 amide bonds. The zero-order valence-electron chi connectivity index (χ0n) is 12.5. The molecule has 1 atom stereocenters. The van der Waals surface area contributed by atoms with E-state index < -0.39 is 10.1 Å². The van der Waals surface area contributed by atoms with Crippen LogP contribution >= 0.6 is 0 Å². The number of hydrogen-bond acceptors (Lipinski definition) is 3. The van der Waals surface area contributed by atoms with Gasteiger partial charge in [0.2, 0.25) is 0 Å². The van der Waals surface area contributed by atoms with Gasteiger partial charge in [-0.2, -0.15) is 8.42 Å². The zero-order valence-corrected chi connectivity index (χ0v) is 13.4. The highest BCUT2D eigenvalue weighted by Crippen LogP contribution is 2.20. The highest BCUT2D eigenvalue weighted by Gasteiger charge is 2.20. The Morgan fingerprint density at radius 1 is 0.950 bits per heavy atom. The Hall–Kier alpha value is -0.870. The van der Waals surface area contributed by atoms with Crippen LogP contribution in [0.2, 0.25) is 0 Å². The average molecular weight is 298 g/mol. The Balaban J connectivity index is 2.60. The molecule has 20 heavy (non-hydrogen) atoms. The summed E-state index contributed by atoms with van der Waals surface area (Å²) < 4.78 is 29.8. The predicted octanol–water partition coefficient (Wildman–Crippen LogP) is 4.53. The summed E-state index contributed by atoms with van der Waals surface area (Å²) in [6, 6.07) is 8.39. The number of hydrogen-bond donors (Lipinski definition) is 0. The van der Waals surface area contributed by atoms with Crippen LogP contribution in [-0.4, -0.2) is 14.5 Å². The smallest absolute Gasteiger partial charge is 0.263 e. The summed E-state index contributed by atoms with van der Waals surface area (Å²) in [5.74, 6) is 0. The van der Waals surface area contributed by atoms with Crippen molar-refractivity contribution in [3.05, 3.63) is 30.3 Å². The minimum Gasteiger partial charge on any atom is -0.263 e. The van der Waals surface area contributed by atoms with Crippen molar-refractivity contribution in [3.8, 4) is 0 Å². The van der Waals surface area contributed by atoms with Crippen LogP contribution in [-0.2, 0) is 14.3 Å². The normalized spacial score (nSPS) is 13.3. The van der Waals surface area contributed by atoms with Crippen LogP contribution in [0.25, 0.3) is 0 Å². The molecule has 114 valence electrons. The minimum atomic E-state index is -3.62. The fraction of sp³-hybridized carbons (Fsp3) is 0.625. The van der Waals surface area contributed by atoms with E-state index in [9.17, 15) is 8.42 Å². The van der Waals surface area contributed by atoms with Gasteiger partial charge >= 0.3 is 0 Å². The molecule has 0 bridgehead atoms. The molecule has 4 heteroatoms. The summed E-state index contributed by atoms with van der Waals surface area (Å²) in [5.41, 5.74) is 0. The molecule has 0 saturated heterocycles.